The highest BCUT2D eigenvalue weighted by molar-refractivity contribution is 5.91. The van der Waals surface area contributed by atoms with Crippen LogP contribution in [0.5, 0.6) is 0 Å². The van der Waals surface area contributed by atoms with Crippen molar-refractivity contribution in [2.45, 2.75) is 13.0 Å². The lowest BCUT2D eigenvalue weighted by atomic mass is 10.1. The SMILES string of the molecule is CC(NC(=O)COC(=O)c1ccc(C#N)cc1)c1ccccc1. The van der Waals surface area contributed by atoms with E-state index in [-0.39, 0.29) is 18.6 Å². The van der Waals surface area contributed by atoms with Crippen LogP contribution in [0.4, 0.5) is 0 Å². The number of amides is 1. The van der Waals surface area contributed by atoms with Crippen molar-refractivity contribution in [2.75, 3.05) is 6.61 Å². The molecule has 23 heavy (non-hydrogen) atoms. The number of nitrogens with zero attached hydrogens (tertiary/aromatic N) is 1. The third kappa shape index (κ3) is 4.68. The summed E-state index contributed by atoms with van der Waals surface area (Å²) in [5.74, 6) is -0.972. The van der Waals surface area contributed by atoms with Crippen molar-refractivity contribution in [3.8, 4) is 6.07 Å². The molecule has 5 heteroatoms. The molecule has 5 nitrogen and oxygen atoms in total. The summed E-state index contributed by atoms with van der Waals surface area (Å²) in [4.78, 5) is 23.7. The molecule has 1 unspecified atom stereocenters. The van der Waals surface area contributed by atoms with Gasteiger partial charge in [-0.05, 0) is 36.8 Å². The van der Waals surface area contributed by atoms with Crippen LogP contribution >= 0.6 is 0 Å². The summed E-state index contributed by atoms with van der Waals surface area (Å²) in [5.41, 5.74) is 1.73. The van der Waals surface area contributed by atoms with Crippen molar-refractivity contribution < 1.29 is 14.3 Å². The lowest BCUT2D eigenvalue weighted by molar-refractivity contribution is -0.124. The van der Waals surface area contributed by atoms with Crippen molar-refractivity contribution in [1.29, 1.82) is 5.26 Å². The van der Waals surface area contributed by atoms with Gasteiger partial charge in [-0.3, -0.25) is 4.79 Å². The number of carbonyl (C=O) groups is 2. The van der Waals surface area contributed by atoms with Crippen LogP contribution in [-0.4, -0.2) is 18.5 Å². The lowest BCUT2D eigenvalue weighted by Gasteiger charge is -2.14. The van der Waals surface area contributed by atoms with E-state index in [0.717, 1.165) is 5.56 Å². The first-order valence-electron chi connectivity index (χ1n) is 7.11. The second-order valence-corrected chi connectivity index (χ2v) is 4.97. The van der Waals surface area contributed by atoms with E-state index < -0.39 is 5.97 Å². The van der Waals surface area contributed by atoms with E-state index in [1.165, 1.54) is 24.3 Å². The minimum absolute atomic E-state index is 0.169. The number of carbonyl (C=O) groups excluding carboxylic acids is 2. The molecule has 0 saturated heterocycles. The van der Waals surface area contributed by atoms with Crippen LogP contribution in [0.3, 0.4) is 0 Å². The summed E-state index contributed by atoms with van der Waals surface area (Å²) in [6, 6.07) is 17.3. The smallest absolute Gasteiger partial charge is 0.338 e. The highest BCUT2D eigenvalue weighted by Crippen LogP contribution is 2.11. The topological polar surface area (TPSA) is 79.2 Å². The average molecular weight is 308 g/mol. The molecule has 0 bridgehead atoms. The number of hydrogen-bond donors (Lipinski definition) is 1. The highest BCUT2D eigenvalue weighted by Gasteiger charge is 2.13. The summed E-state index contributed by atoms with van der Waals surface area (Å²) in [6.07, 6.45) is 0. The zero-order valence-corrected chi connectivity index (χ0v) is 12.7. The van der Waals surface area contributed by atoms with Crippen LogP contribution in [0.1, 0.15) is 34.5 Å². The quantitative estimate of drug-likeness (QED) is 0.861. The van der Waals surface area contributed by atoms with Crippen molar-refractivity contribution >= 4 is 11.9 Å². The molecule has 2 rings (SSSR count). The molecule has 0 aromatic heterocycles. The maximum Gasteiger partial charge on any atom is 0.338 e. The van der Waals surface area contributed by atoms with Gasteiger partial charge >= 0.3 is 5.97 Å². The molecule has 0 heterocycles. The first-order chi connectivity index (χ1) is 11.1. The van der Waals surface area contributed by atoms with Gasteiger partial charge in [0.1, 0.15) is 0 Å². The molecular weight excluding hydrogens is 292 g/mol. The Balaban J connectivity index is 1.84. The third-order valence-corrected chi connectivity index (χ3v) is 3.26. The number of nitriles is 1. The van der Waals surface area contributed by atoms with Crippen molar-refractivity contribution in [3.05, 3.63) is 71.3 Å². The van der Waals surface area contributed by atoms with Crippen LogP contribution in [0.2, 0.25) is 0 Å². The zero-order valence-electron chi connectivity index (χ0n) is 12.7. The number of esters is 1. The second-order valence-electron chi connectivity index (χ2n) is 4.97. The van der Waals surface area contributed by atoms with E-state index in [4.69, 9.17) is 10.00 Å². The number of nitrogens with one attached hydrogen (secondary N) is 1. The van der Waals surface area contributed by atoms with E-state index >= 15 is 0 Å². The maximum absolute atomic E-state index is 11.8. The van der Waals surface area contributed by atoms with Gasteiger partial charge in [0, 0.05) is 0 Å². The Morgan fingerprint density at radius 3 is 2.39 bits per heavy atom. The Kier molecular flexibility index (Phi) is 5.48. The van der Waals surface area contributed by atoms with Crippen LogP contribution in [0, 0.1) is 11.3 Å². The zero-order chi connectivity index (χ0) is 16.7. The Morgan fingerprint density at radius 2 is 1.78 bits per heavy atom. The largest absolute Gasteiger partial charge is 0.452 e. The van der Waals surface area contributed by atoms with E-state index in [1.54, 1.807) is 0 Å². The van der Waals surface area contributed by atoms with Crippen LogP contribution < -0.4 is 5.32 Å². The molecule has 1 atom stereocenters. The van der Waals surface area contributed by atoms with Gasteiger partial charge in [-0.15, -0.1) is 0 Å². The fourth-order valence-electron chi connectivity index (χ4n) is 2.00. The molecule has 0 radical (unpaired) electrons. The molecule has 0 aliphatic carbocycles. The van der Waals surface area contributed by atoms with Crippen molar-refractivity contribution in [3.63, 3.8) is 0 Å². The molecule has 0 aliphatic heterocycles. The summed E-state index contributed by atoms with van der Waals surface area (Å²) in [5, 5.41) is 11.5. The minimum atomic E-state index is -0.600. The van der Waals surface area contributed by atoms with E-state index in [2.05, 4.69) is 5.32 Å². The molecule has 1 amide bonds. The number of hydrogen-bond acceptors (Lipinski definition) is 4. The third-order valence-electron chi connectivity index (χ3n) is 3.26. The minimum Gasteiger partial charge on any atom is -0.452 e. The van der Waals surface area contributed by atoms with Crippen LogP contribution in [-0.2, 0) is 9.53 Å². The van der Waals surface area contributed by atoms with Crippen molar-refractivity contribution in [2.24, 2.45) is 0 Å². The normalized spacial score (nSPS) is 11.1. The Bertz CT molecular complexity index is 718. The van der Waals surface area contributed by atoms with Gasteiger partial charge in [0.15, 0.2) is 6.61 Å². The van der Waals surface area contributed by atoms with E-state index in [9.17, 15) is 9.59 Å². The summed E-state index contributed by atoms with van der Waals surface area (Å²) >= 11 is 0. The molecule has 0 fully saturated rings. The summed E-state index contributed by atoms with van der Waals surface area (Å²) in [6.45, 7) is 1.51. The standard InChI is InChI=1S/C18H16N2O3/c1-13(15-5-3-2-4-6-15)20-17(21)12-23-18(22)16-9-7-14(11-19)8-10-16/h2-10,13H,12H2,1H3,(H,20,21). The highest BCUT2D eigenvalue weighted by atomic mass is 16.5. The fraction of sp³-hybridized carbons (Fsp3) is 0.167. The molecule has 0 aliphatic rings. The number of rotatable bonds is 5. The van der Waals surface area contributed by atoms with E-state index in [0.29, 0.717) is 11.1 Å². The number of ether oxygens (including phenoxy) is 1. The maximum atomic E-state index is 11.8. The van der Waals surface area contributed by atoms with Crippen LogP contribution in [0.15, 0.2) is 54.6 Å². The molecule has 1 N–H and O–H groups in total. The van der Waals surface area contributed by atoms with Gasteiger partial charge in [0.05, 0.1) is 23.2 Å². The monoisotopic (exact) mass is 308 g/mol. The number of benzene rings is 2. The van der Waals surface area contributed by atoms with Crippen molar-refractivity contribution in [1.82, 2.24) is 5.32 Å². The Morgan fingerprint density at radius 1 is 1.13 bits per heavy atom. The first-order valence-corrected chi connectivity index (χ1v) is 7.11. The van der Waals surface area contributed by atoms with Gasteiger partial charge < -0.3 is 10.1 Å². The van der Waals surface area contributed by atoms with Gasteiger partial charge in [0.25, 0.3) is 5.91 Å². The molecule has 2 aromatic carbocycles. The second kappa shape index (κ2) is 7.76. The predicted molar refractivity (Wildman–Crippen MR) is 84.4 cm³/mol. The van der Waals surface area contributed by atoms with Gasteiger partial charge in [0.2, 0.25) is 0 Å². The first kappa shape index (κ1) is 16.2. The molecule has 116 valence electrons. The Labute approximate surface area is 134 Å². The lowest BCUT2D eigenvalue weighted by Crippen LogP contribution is -2.31. The Hall–Kier alpha value is -3.13. The van der Waals surface area contributed by atoms with Gasteiger partial charge in [-0.1, -0.05) is 30.3 Å². The van der Waals surface area contributed by atoms with Gasteiger partial charge in [-0.25, -0.2) is 4.79 Å². The van der Waals surface area contributed by atoms with E-state index in [1.807, 2.05) is 43.3 Å². The molecule has 0 spiro atoms. The fourth-order valence-corrected chi connectivity index (χ4v) is 2.00. The average Bonchev–Trinajstić information content (AvgIpc) is 2.60. The molecule has 0 saturated carbocycles. The molecular formula is C18H16N2O3. The summed E-state index contributed by atoms with van der Waals surface area (Å²) < 4.78 is 4.97. The van der Waals surface area contributed by atoms with Crippen LogP contribution in [0.25, 0.3) is 0 Å². The molecule has 2 aromatic rings. The van der Waals surface area contributed by atoms with Gasteiger partial charge in [-0.2, -0.15) is 5.26 Å². The summed E-state index contributed by atoms with van der Waals surface area (Å²) in [7, 11) is 0. The predicted octanol–water partition coefficient (Wildman–Crippen LogP) is 2.59.